The highest BCUT2D eigenvalue weighted by Gasteiger charge is 2.15. The Bertz CT molecular complexity index is 758. The highest BCUT2D eigenvalue weighted by atomic mass is 32.1. The Morgan fingerprint density at radius 1 is 1.27 bits per heavy atom. The van der Waals surface area contributed by atoms with E-state index in [1.54, 1.807) is 31.2 Å². The molecular weight excluding hydrogens is 352 g/mol. The molecule has 1 amide bonds. The molecule has 0 saturated heterocycles. The van der Waals surface area contributed by atoms with Gasteiger partial charge in [0.1, 0.15) is 10.6 Å². The molecule has 0 aliphatic heterocycles. The van der Waals surface area contributed by atoms with Crippen molar-refractivity contribution in [3.63, 3.8) is 0 Å². The van der Waals surface area contributed by atoms with E-state index in [0.717, 1.165) is 30.0 Å². The second-order valence-corrected chi connectivity index (χ2v) is 6.78. The van der Waals surface area contributed by atoms with Crippen molar-refractivity contribution < 1.29 is 19.1 Å². The zero-order valence-electron chi connectivity index (χ0n) is 15.3. The molecule has 0 bridgehead atoms. The quantitative estimate of drug-likeness (QED) is 0.670. The van der Waals surface area contributed by atoms with Gasteiger partial charge >= 0.3 is 5.97 Å². The average molecular weight is 376 g/mol. The van der Waals surface area contributed by atoms with Crippen molar-refractivity contribution in [1.82, 2.24) is 4.98 Å². The van der Waals surface area contributed by atoms with E-state index in [-0.39, 0.29) is 12.5 Å². The fourth-order valence-electron chi connectivity index (χ4n) is 2.29. The lowest BCUT2D eigenvalue weighted by atomic mass is 10.2. The van der Waals surface area contributed by atoms with Gasteiger partial charge in [-0.2, -0.15) is 0 Å². The molecule has 140 valence electrons. The van der Waals surface area contributed by atoms with E-state index < -0.39 is 5.97 Å². The van der Waals surface area contributed by atoms with E-state index in [1.807, 2.05) is 6.92 Å². The van der Waals surface area contributed by atoms with Gasteiger partial charge < -0.3 is 14.8 Å². The first-order valence-corrected chi connectivity index (χ1v) is 9.51. The number of thiazole rings is 1. The Morgan fingerprint density at radius 3 is 2.81 bits per heavy atom. The monoisotopic (exact) mass is 376 g/mol. The lowest BCUT2D eigenvalue weighted by molar-refractivity contribution is -0.145. The fraction of sp³-hybridized carbons (Fsp3) is 0.421. The summed E-state index contributed by atoms with van der Waals surface area (Å²) in [5, 5.41) is 3.84. The highest BCUT2D eigenvalue weighted by Crippen LogP contribution is 2.23. The molecule has 2 aromatic rings. The number of nitrogens with one attached hydrogen (secondary N) is 1. The molecule has 6 nitrogen and oxygen atoms in total. The molecule has 0 radical (unpaired) electrons. The summed E-state index contributed by atoms with van der Waals surface area (Å²) in [5.74, 6) is -0.132. The van der Waals surface area contributed by atoms with Gasteiger partial charge in [0.15, 0.2) is 6.61 Å². The van der Waals surface area contributed by atoms with Crippen LogP contribution in [-0.4, -0.2) is 30.1 Å². The normalized spacial score (nSPS) is 10.4. The van der Waals surface area contributed by atoms with Crippen LogP contribution in [0.1, 0.15) is 47.1 Å². The Kier molecular flexibility index (Phi) is 7.59. The van der Waals surface area contributed by atoms with Crippen molar-refractivity contribution in [1.29, 1.82) is 0 Å². The molecule has 1 aromatic carbocycles. The highest BCUT2D eigenvalue weighted by molar-refractivity contribution is 7.13. The Morgan fingerprint density at radius 2 is 2.08 bits per heavy atom. The standard InChI is InChI=1S/C19H24N2O4S/c1-4-6-10-16-20-13(3)18(26-16)19(23)21-14-8-7-9-15(11-14)25-12-17(22)24-5-2/h7-9,11H,4-6,10,12H2,1-3H3,(H,21,23). The van der Waals surface area contributed by atoms with Gasteiger partial charge in [0.05, 0.1) is 17.3 Å². The van der Waals surface area contributed by atoms with E-state index >= 15 is 0 Å². The average Bonchev–Trinajstić information content (AvgIpc) is 2.99. The number of nitrogens with zero attached hydrogens (tertiary/aromatic N) is 1. The molecule has 0 saturated carbocycles. The molecular formula is C19H24N2O4S. The summed E-state index contributed by atoms with van der Waals surface area (Å²) in [6.07, 6.45) is 3.05. The van der Waals surface area contributed by atoms with E-state index in [9.17, 15) is 9.59 Å². The summed E-state index contributed by atoms with van der Waals surface area (Å²) in [7, 11) is 0. The maximum absolute atomic E-state index is 12.5. The van der Waals surface area contributed by atoms with Gasteiger partial charge in [-0.3, -0.25) is 4.79 Å². The largest absolute Gasteiger partial charge is 0.482 e. The lowest BCUT2D eigenvalue weighted by Gasteiger charge is -2.08. The molecule has 0 atom stereocenters. The predicted octanol–water partition coefficient (Wildman–Crippen LogP) is 3.99. The van der Waals surface area contributed by atoms with Crippen molar-refractivity contribution in [3.05, 3.63) is 39.8 Å². The van der Waals surface area contributed by atoms with Crippen molar-refractivity contribution in [3.8, 4) is 5.75 Å². The van der Waals surface area contributed by atoms with Crippen LogP contribution >= 0.6 is 11.3 Å². The van der Waals surface area contributed by atoms with Crippen LogP contribution in [0.15, 0.2) is 24.3 Å². The van der Waals surface area contributed by atoms with Gasteiger partial charge in [0.25, 0.3) is 5.91 Å². The third-order valence-electron chi connectivity index (χ3n) is 3.55. The number of hydrogen-bond donors (Lipinski definition) is 1. The SMILES string of the molecule is CCCCc1nc(C)c(C(=O)Nc2cccc(OCC(=O)OCC)c2)s1. The number of anilines is 1. The number of ether oxygens (including phenoxy) is 2. The fourth-order valence-corrected chi connectivity index (χ4v) is 3.30. The lowest BCUT2D eigenvalue weighted by Crippen LogP contribution is -2.15. The van der Waals surface area contributed by atoms with Gasteiger partial charge in [-0.1, -0.05) is 19.4 Å². The van der Waals surface area contributed by atoms with Crippen LogP contribution in [0.4, 0.5) is 5.69 Å². The molecule has 0 aliphatic rings. The first kappa shape index (κ1) is 19.9. The molecule has 1 aromatic heterocycles. The number of benzene rings is 1. The van der Waals surface area contributed by atoms with Crippen molar-refractivity contribution >= 4 is 28.9 Å². The number of hydrogen-bond acceptors (Lipinski definition) is 6. The molecule has 0 fully saturated rings. The van der Waals surface area contributed by atoms with E-state index in [2.05, 4.69) is 17.2 Å². The number of aromatic nitrogens is 1. The number of esters is 1. The molecule has 0 unspecified atom stereocenters. The summed E-state index contributed by atoms with van der Waals surface area (Å²) in [6, 6.07) is 6.91. The topological polar surface area (TPSA) is 77.5 Å². The molecule has 2 rings (SSSR count). The summed E-state index contributed by atoms with van der Waals surface area (Å²) < 4.78 is 10.2. The molecule has 0 aliphatic carbocycles. The van der Waals surface area contributed by atoms with Crippen LogP contribution in [-0.2, 0) is 16.0 Å². The van der Waals surface area contributed by atoms with Crippen molar-refractivity contribution in [2.45, 2.75) is 40.0 Å². The van der Waals surface area contributed by atoms with Crippen LogP contribution in [0.5, 0.6) is 5.75 Å². The minimum atomic E-state index is -0.429. The van der Waals surface area contributed by atoms with Crippen LogP contribution in [0, 0.1) is 6.92 Å². The number of unbranched alkanes of at least 4 members (excludes halogenated alkanes) is 1. The van der Waals surface area contributed by atoms with Crippen LogP contribution in [0.2, 0.25) is 0 Å². The Balaban J connectivity index is 1.99. The van der Waals surface area contributed by atoms with Gasteiger partial charge in [0.2, 0.25) is 0 Å². The van der Waals surface area contributed by atoms with E-state index in [4.69, 9.17) is 9.47 Å². The number of carbonyl (C=O) groups excluding carboxylic acids is 2. The minimum absolute atomic E-state index is 0.167. The Labute approximate surface area is 157 Å². The number of amides is 1. The van der Waals surface area contributed by atoms with Gasteiger partial charge in [0, 0.05) is 11.8 Å². The van der Waals surface area contributed by atoms with Crippen LogP contribution in [0.25, 0.3) is 0 Å². The number of carbonyl (C=O) groups is 2. The van der Waals surface area contributed by atoms with Crippen molar-refractivity contribution in [2.24, 2.45) is 0 Å². The summed E-state index contributed by atoms with van der Waals surface area (Å²) in [6.45, 7) is 5.86. The zero-order valence-corrected chi connectivity index (χ0v) is 16.1. The number of rotatable bonds is 9. The molecule has 0 spiro atoms. The smallest absolute Gasteiger partial charge is 0.344 e. The number of aryl methyl sites for hydroxylation is 2. The molecule has 26 heavy (non-hydrogen) atoms. The third-order valence-corrected chi connectivity index (χ3v) is 4.76. The van der Waals surface area contributed by atoms with Crippen LogP contribution in [0.3, 0.4) is 0 Å². The second kappa shape index (κ2) is 9.91. The maximum atomic E-state index is 12.5. The molecule has 1 N–H and O–H groups in total. The summed E-state index contributed by atoms with van der Waals surface area (Å²) >= 11 is 1.44. The molecule has 7 heteroatoms. The first-order valence-electron chi connectivity index (χ1n) is 8.69. The van der Waals surface area contributed by atoms with Crippen LogP contribution < -0.4 is 10.1 Å². The minimum Gasteiger partial charge on any atom is -0.482 e. The molecule has 1 heterocycles. The van der Waals surface area contributed by atoms with E-state index in [0.29, 0.717) is 22.9 Å². The zero-order chi connectivity index (χ0) is 18.9. The van der Waals surface area contributed by atoms with Gasteiger partial charge in [-0.05, 0) is 38.8 Å². The maximum Gasteiger partial charge on any atom is 0.344 e. The van der Waals surface area contributed by atoms with Crippen molar-refractivity contribution in [2.75, 3.05) is 18.5 Å². The summed E-state index contributed by atoms with van der Waals surface area (Å²) in [5.41, 5.74) is 1.34. The first-order chi connectivity index (χ1) is 12.5. The second-order valence-electron chi connectivity index (χ2n) is 5.70. The Hall–Kier alpha value is -2.41. The van der Waals surface area contributed by atoms with Gasteiger partial charge in [-0.25, -0.2) is 9.78 Å². The predicted molar refractivity (Wildman–Crippen MR) is 102 cm³/mol. The third kappa shape index (κ3) is 5.84. The van der Waals surface area contributed by atoms with E-state index in [1.165, 1.54) is 11.3 Å². The summed E-state index contributed by atoms with van der Waals surface area (Å²) in [4.78, 5) is 29.0. The van der Waals surface area contributed by atoms with Gasteiger partial charge in [-0.15, -0.1) is 11.3 Å².